The molecule has 18 heavy (non-hydrogen) atoms. The number of nitrogens with two attached hydrogens (primary N) is 1. The summed E-state index contributed by atoms with van der Waals surface area (Å²) in [5.41, 5.74) is 6.68. The van der Waals surface area contributed by atoms with Crippen molar-refractivity contribution in [2.24, 2.45) is 5.73 Å². The first-order chi connectivity index (χ1) is 8.66. The van der Waals surface area contributed by atoms with Crippen molar-refractivity contribution in [1.82, 2.24) is 4.90 Å². The summed E-state index contributed by atoms with van der Waals surface area (Å²) < 4.78 is 0. The summed E-state index contributed by atoms with van der Waals surface area (Å²) in [6, 6.07) is 7.89. The molecule has 98 valence electrons. The summed E-state index contributed by atoms with van der Waals surface area (Å²) in [6.45, 7) is 1.93. The Morgan fingerprint density at radius 1 is 1.39 bits per heavy atom. The fourth-order valence-corrected chi connectivity index (χ4v) is 2.68. The highest BCUT2D eigenvalue weighted by Gasteiger charge is 2.27. The molecular formula is C14H19ClN2O. The molecule has 1 aromatic rings. The SMILES string of the molecule is NC(=O)[C@H]1CCCN1CCCc1ccc(Cl)cc1. The quantitative estimate of drug-likeness (QED) is 0.888. The normalized spacial score (nSPS) is 20.2. The highest BCUT2D eigenvalue weighted by molar-refractivity contribution is 6.30. The number of rotatable bonds is 5. The van der Waals surface area contributed by atoms with Crippen LogP contribution in [0.5, 0.6) is 0 Å². The van der Waals surface area contributed by atoms with Gasteiger partial charge in [0.2, 0.25) is 5.91 Å². The van der Waals surface area contributed by atoms with Gasteiger partial charge in [-0.1, -0.05) is 23.7 Å². The van der Waals surface area contributed by atoms with Gasteiger partial charge in [-0.05, 0) is 56.5 Å². The van der Waals surface area contributed by atoms with Crippen molar-refractivity contribution in [3.05, 3.63) is 34.9 Å². The Morgan fingerprint density at radius 2 is 2.11 bits per heavy atom. The average Bonchev–Trinajstić information content (AvgIpc) is 2.80. The molecule has 1 fully saturated rings. The number of benzene rings is 1. The first kappa shape index (κ1) is 13.4. The van der Waals surface area contributed by atoms with Gasteiger partial charge in [0.1, 0.15) is 0 Å². The minimum absolute atomic E-state index is 0.0461. The molecule has 0 unspecified atom stereocenters. The topological polar surface area (TPSA) is 46.3 Å². The predicted octanol–water partition coefficient (Wildman–Crippen LogP) is 2.22. The minimum atomic E-state index is -0.181. The lowest BCUT2D eigenvalue weighted by atomic mass is 10.1. The number of carbonyl (C=O) groups is 1. The van der Waals surface area contributed by atoms with Crippen LogP contribution in [0, 0.1) is 0 Å². The molecule has 1 saturated heterocycles. The van der Waals surface area contributed by atoms with E-state index in [1.807, 2.05) is 12.1 Å². The Balaban J connectivity index is 1.78. The van der Waals surface area contributed by atoms with Crippen LogP contribution in [0.15, 0.2) is 24.3 Å². The van der Waals surface area contributed by atoms with Crippen LogP contribution in [0.3, 0.4) is 0 Å². The number of aryl methyl sites for hydroxylation is 1. The Bertz CT molecular complexity index is 405. The van der Waals surface area contributed by atoms with Crippen molar-refractivity contribution in [3.8, 4) is 0 Å². The molecule has 0 radical (unpaired) electrons. The lowest BCUT2D eigenvalue weighted by Gasteiger charge is -2.21. The molecule has 1 amide bonds. The van der Waals surface area contributed by atoms with Crippen LogP contribution in [0.2, 0.25) is 5.02 Å². The Labute approximate surface area is 113 Å². The fraction of sp³-hybridized carbons (Fsp3) is 0.500. The third kappa shape index (κ3) is 3.47. The first-order valence-electron chi connectivity index (χ1n) is 6.44. The number of nitrogens with zero attached hydrogens (tertiary/aromatic N) is 1. The zero-order valence-corrected chi connectivity index (χ0v) is 11.2. The molecule has 1 atom stereocenters. The number of hydrogen-bond acceptors (Lipinski definition) is 2. The Kier molecular flexibility index (Phi) is 4.61. The van der Waals surface area contributed by atoms with Crippen molar-refractivity contribution in [3.63, 3.8) is 0 Å². The lowest BCUT2D eigenvalue weighted by Crippen LogP contribution is -2.40. The van der Waals surface area contributed by atoms with E-state index in [9.17, 15) is 4.79 Å². The van der Waals surface area contributed by atoms with Crippen LogP contribution >= 0.6 is 11.6 Å². The third-order valence-electron chi connectivity index (χ3n) is 3.52. The van der Waals surface area contributed by atoms with Gasteiger partial charge >= 0.3 is 0 Å². The summed E-state index contributed by atoms with van der Waals surface area (Å²) in [5.74, 6) is -0.181. The van der Waals surface area contributed by atoms with Crippen LogP contribution < -0.4 is 5.73 Å². The predicted molar refractivity (Wildman–Crippen MR) is 73.6 cm³/mol. The summed E-state index contributed by atoms with van der Waals surface area (Å²) >= 11 is 5.84. The second-order valence-corrected chi connectivity index (χ2v) is 5.26. The van der Waals surface area contributed by atoms with Crippen molar-refractivity contribution in [2.75, 3.05) is 13.1 Å². The summed E-state index contributed by atoms with van der Waals surface area (Å²) in [4.78, 5) is 13.5. The van der Waals surface area contributed by atoms with Gasteiger partial charge in [0.05, 0.1) is 6.04 Å². The molecule has 0 bridgehead atoms. The van der Waals surface area contributed by atoms with Gasteiger partial charge in [-0.25, -0.2) is 0 Å². The van der Waals surface area contributed by atoms with Crippen molar-refractivity contribution < 1.29 is 4.79 Å². The zero-order chi connectivity index (χ0) is 13.0. The van der Waals surface area contributed by atoms with Crippen LogP contribution in [0.1, 0.15) is 24.8 Å². The van der Waals surface area contributed by atoms with Gasteiger partial charge in [0.25, 0.3) is 0 Å². The van der Waals surface area contributed by atoms with Gasteiger partial charge in [-0.3, -0.25) is 9.69 Å². The molecule has 0 spiro atoms. The molecule has 0 aromatic heterocycles. The summed E-state index contributed by atoms with van der Waals surface area (Å²) in [6.07, 6.45) is 4.05. The Hall–Kier alpha value is -1.06. The number of hydrogen-bond donors (Lipinski definition) is 1. The molecule has 3 nitrogen and oxygen atoms in total. The monoisotopic (exact) mass is 266 g/mol. The van der Waals surface area contributed by atoms with Gasteiger partial charge < -0.3 is 5.73 Å². The average molecular weight is 267 g/mol. The smallest absolute Gasteiger partial charge is 0.234 e. The zero-order valence-electron chi connectivity index (χ0n) is 10.4. The van der Waals surface area contributed by atoms with E-state index in [2.05, 4.69) is 17.0 Å². The minimum Gasteiger partial charge on any atom is -0.368 e. The van der Waals surface area contributed by atoms with E-state index in [0.29, 0.717) is 0 Å². The lowest BCUT2D eigenvalue weighted by molar-refractivity contribution is -0.122. The molecule has 0 aliphatic carbocycles. The number of halogens is 1. The highest BCUT2D eigenvalue weighted by Crippen LogP contribution is 2.18. The number of primary amides is 1. The molecular weight excluding hydrogens is 248 g/mol. The molecule has 2 N–H and O–H groups in total. The molecule has 4 heteroatoms. The largest absolute Gasteiger partial charge is 0.368 e. The van der Waals surface area contributed by atoms with Gasteiger partial charge in [-0.15, -0.1) is 0 Å². The second-order valence-electron chi connectivity index (χ2n) is 4.83. The van der Waals surface area contributed by atoms with E-state index in [-0.39, 0.29) is 11.9 Å². The van der Waals surface area contributed by atoms with E-state index in [1.54, 1.807) is 0 Å². The van der Waals surface area contributed by atoms with E-state index < -0.39 is 0 Å². The summed E-state index contributed by atoms with van der Waals surface area (Å²) in [7, 11) is 0. The van der Waals surface area contributed by atoms with Crippen LogP contribution in [0.25, 0.3) is 0 Å². The third-order valence-corrected chi connectivity index (χ3v) is 3.77. The fourth-order valence-electron chi connectivity index (χ4n) is 2.55. The van der Waals surface area contributed by atoms with Crippen LogP contribution in [0.4, 0.5) is 0 Å². The van der Waals surface area contributed by atoms with E-state index in [4.69, 9.17) is 17.3 Å². The van der Waals surface area contributed by atoms with E-state index in [0.717, 1.165) is 43.8 Å². The standard InChI is InChI=1S/C14H19ClN2O/c15-12-7-5-11(6-8-12)3-1-9-17-10-2-4-13(17)14(16)18/h5-8,13H,1-4,9-10H2,(H2,16,18)/t13-/m1/s1. The van der Waals surface area contributed by atoms with Gasteiger partial charge in [-0.2, -0.15) is 0 Å². The first-order valence-corrected chi connectivity index (χ1v) is 6.82. The maximum Gasteiger partial charge on any atom is 0.234 e. The molecule has 1 aromatic carbocycles. The van der Waals surface area contributed by atoms with Crippen LogP contribution in [-0.4, -0.2) is 29.9 Å². The van der Waals surface area contributed by atoms with E-state index in [1.165, 1.54) is 5.56 Å². The molecule has 2 rings (SSSR count). The highest BCUT2D eigenvalue weighted by atomic mass is 35.5. The van der Waals surface area contributed by atoms with Crippen molar-refractivity contribution in [2.45, 2.75) is 31.7 Å². The summed E-state index contributed by atoms with van der Waals surface area (Å²) in [5, 5.41) is 0.770. The van der Waals surface area contributed by atoms with Crippen LogP contribution in [-0.2, 0) is 11.2 Å². The molecule has 1 aliphatic heterocycles. The number of likely N-dealkylation sites (tertiary alicyclic amines) is 1. The maximum absolute atomic E-state index is 11.2. The second kappa shape index (κ2) is 6.21. The van der Waals surface area contributed by atoms with E-state index >= 15 is 0 Å². The van der Waals surface area contributed by atoms with Crippen molar-refractivity contribution in [1.29, 1.82) is 0 Å². The molecule has 1 heterocycles. The molecule has 0 saturated carbocycles. The molecule has 1 aliphatic rings. The number of amides is 1. The van der Waals surface area contributed by atoms with Crippen molar-refractivity contribution >= 4 is 17.5 Å². The maximum atomic E-state index is 11.2. The van der Waals surface area contributed by atoms with Gasteiger partial charge in [0.15, 0.2) is 0 Å². The Morgan fingerprint density at radius 3 is 2.78 bits per heavy atom. The number of carbonyl (C=O) groups excluding carboxylic acids is 1. The van der Waals surface area contributed by atoms with Gasteiger partial charge in [0, 0.05) is 5.02 Å².